The molecule has 2 heterocycles. The van der Waals surface area contributed by atoms with Crippen molar-refractivity contribution in [1.82, 2.24) is 19.9 Å². The number of nitrogens with one attached hydrogen (secondary N) is 1. The van der Waals surface area contributed by atoms with Crippen LogP contribution in [0.25, 0.3) is 17.1 Å². The van der Waals surface area contributed by atoms with Crippen LogP contribution in [-0.2, 0) is 6.42 Å². The molecule has 1 aliphatic carbocycles. The fourth-order valence-corrected chi connectivity index (χ4v) is 4.41. The van der Waals surface area contributed by atoms with E-state index in [1.165, 1.54) is 12.8 Å². The molecule has 2 aromatic carbocycles. The number of benzene rings is 2. The Hall–Kier alpha value is -3.74. The van der Waals surface area contributed by atoms with Crippen molar-refractivity contribution in [3.05, 3.63) is 77.4 Å². The summed E-state index contributed by atoms with van der Waals surface area (Å²) >= 11 is 0. The monoisotopic (exact) mass is 441 g/mol. The lowest BCUT2D eigenvalue weighted by Gasteiger charge is -2.08. The third-order valence-corrected chi connectivity index (χ3v) is 6.33. The van der Waals surface area contributed by atoms with Gasteiger partial charge >= 0.3 is 0 Å². The van der Waals surface area contributed by atoms with Gasteiger partial charge in [-0.3, -0.25) is 4.79 Å². The number of rotatable bonds is 6. The normalized spacial score (nSPS) is 14.0. The van der Waals surface area contributed by atoms with Crippen molar-refractivity contribution in [3.8, 4) is 17.1 Å². The Balaban J connectivity index is 1.33. The molecule has 0 atom stereocenters. The molecule has 0 unspecified atom stereocenters. The van der Waals surface area contributed by atoms with Gasteiger partial charge in [0.1, 0.15) is 0 Å². The van der Waals surface area contributed by atoms with Crippen LogP contribution in [0.3, 0.4) is 0 Å². The van der Waals surface area contributed by atoms with Gasteiger partial charge in [-0.1, -0.05) is 43.1 Å². The van der Waals surface area contributed by atoms with Crippen LogP contribution in [0.4, 0.5) is 5.69 Å². The lowest BCUT2D eigenvalue weighted by Crippen LogP contribution is -2.13. The van der Waals surface area contributed by atoms with Crippen LogP contribution >= 0.6 is 0 Å². The summed E-state index contributed by atoms with van der Waals surface area (Å²) in [5.74, 6) is 1.58. The maximum absolute atomic E-state index is 12.9. The zero-order chi connectivity index (χ0) is 22.8. The summed E-state index contributed by atoms with van der Waals surface area (Å²) in [6.45, 7) is 3.91. The highest BCUT2D eigenvalue weighted by molar-refractivity contribution is 6.05. The van der Waals surface area contributed by atoms with E-state index in [4.69, 9.17) is 4.52 Å². The summed E-state index contributed by atoms with van der Waals surface area (Å²) in [4.78, 5) is 17.5. The molecule has 1 saturated carbocycles. The van der Waals surface area contributed by atoms with Crippen LogP contribution in [0.5, 0.6) is 0 Å². The molecule has 0 radical (unpaired) electrons. The smallest absolute Gasteiger partial charge is 0.259 e. The van der Waals surface area contributed by atoms with Gasteiger partial charge in [-0.25, -0.2) is 4.68 Å². The molecular formula is C26H27N5O2. The molecule has 4 aromatic rings. The standard InChI is InChI=1S/C26H27N5O2/c1-3-18-8-6-7-11-23(18)27-25(32)22-16-31(29-17(22)2)21-14-12-19(13-15-21)24-28-26(33-30-24)20-9-4-5-10-20/h6-8,11-16,20H,3-5,9-10H2,1-2H3,(H,27,32). The molecule has 2 aromatic heterocycles. The van der Waals surface area contributed by atoms with Crippen molar-refractivity contribution in [2.75, 3.05) is 5.32 Å². The molecule has 1 fully saturated rings. The van der Waals surface area contributed by atoms with Crippen molar-refractivity contribution < 1.29 is 9.32 Å². The lowest BCUT2D eigenvalue weighted by molar-refractivity contribution is 0.102. The quantitative estimate of drug-likeness (QED) is 0.415. The minimum atomic E-state index is -0.164. The molecular weight excluding hydrogens is 414 g/mol. The van der Waals surface area contributed by atoms with E-state index < -0.39 is 0 Å². The van der Waals surface area contributed by atoms with Crippen LogP contribution in [-0.4, -0.2) is 25.8 Å². The summed E-state index contributed by atoms with van der Waals surface area (Å²) < 4.78 is 7.23. The SMILES string of the molecule is CCc1ccccc1NC(=O)c1cn(-c2ccc(-c3noc(C4CCCC4)n3)cc2)nc1C. The highest BCUT2D eigenvalue weighted by atomic mass is 16.5. The fraction of sp³-hybridized carbons (Fsp3) is 0.308. The molecule has 7 nitrogen and oxygen atoms in total. The Morgan fingerprint density at radius 2 is 1.88 bits per heavy atom. The first-order chi connectivity index (χ1) is 16.1. The molecule has 1 N–H and O–H groups in total. The van der Waals surface area contributed by atoms with Crippen LogP contribution in [0, 0.1) is 6.92 Å². The second kappa shape index (κ2) is 9.02. The first kappa shape index (κ1) is 21.1. The highest BCUT2D eigenvalue weighted by Gasteiger charge is 2.23. The van der Waals surface area contributed by atoms with Crippen LogP contribution in [0.2, 0.25) is 0 Å². The number of amides is 1. The number of aryl methyl sites for hydroxylation is 2. The number of carbonyl (C=O) groups excluding carboxylic acids is 1. The van der Waals surface area contributed by atoms with Gasteiger partial charge < -0.3 is 9.84 Å². The Bertz CT molecular complexity index is 1270. The molecule has 0 saturated heterocycles. The lowest BCUT2D eigenvalue weighted by atomic mass is 10.1. The maximum atomic E-state index is 12.9. The van der Waals surface area contributed by atoms with E-state index in [0.717, 1.165) is 47.7 Å². The first-order valence-corrected chi connectivity index (χ1v) is 11.5. The number of hydrogen-bond donors (Lipinski definition) is 1. The molecule has 1 aliphatic rings. The van der Waals surface area contributed by atoms with Gasteiger partial charge in [-0.2, -0.15) is 10.1 Å². The van der Waals surface area contributed by atoms with Crippen LogP contribution < -0.4 is 5.32 Å². The van der Waals surface area contributed by atoms with E-state index in [-0.39, 0.29) is 5.91 Å². The van der Waals surface area contributed by atoms with Gasteiger partial charge in [0.05, 0.1) is 16.9 Å². The van der Waals surface area contributed by atoms with E-state index >= 15 is 0 Å². The largest absolute Gasteiger partial charge is 0.339 e. The first-order valence-electron chi connectivity index (χ1n) is 11.5. The summed E-state index contributed by atoms with van der Waals surface area (Å²) in [6, 6.07) is 15.6. The number of anilines is 1. The minimum absolute atomic E-state index is 0.164. The number of hydrogen-bond acceptors (Lipinski definition) is 5. The average molecular weight is 442 g/mol. The molecule has 5 rings (SSSR count). The van der Waals surface area contributed by atoms with Crippen molar-refractivity contribution in [2.24, 2.45) is 0 Å². The Morgan fingerprint density at radius 3 is 2.64 bits per heavy atom. The Kier molecular flexibility index (Phi) is 5.77. The Labute approximate surface area is 192 Å². The minimum Gasteiger partial charge on any atom is -0.339 e. The van der Waals surface area contributed by atoms with Crippen LogP contribution in [0.1, 0.15) is 66.0 Å². The molecule has 0 bridgehead atoms. The maximum Gasteiger partial charge on any atom is 0.259 e. The number of nitrogens with zero attached hydrogens (tertiary/aromatic N) is 4. The van der Waals surface area contributed by atoms with Crippen molar-refractivity contribution in [3.63, 3.8) is 0 Å². The summed E-state index contributed by atoms with van der Waals surface area (Å²) in [6.07, 6.45) is 7.32. The molecule has 168 valence electrons. The van der Waals surface area contributed by atoms with Gasteiger partial charge in [0, 0.05) is 23.4 Å². The van der Waals surface area contributed by atoms with Crippen molar-refractivity contribution in [1.29, 1.82) is 0 Å². The fourth-order valence-electron chi connectivity index (χ4n) is 4.41. The predicted octanol–water partition coefficient (Wildman–Crippen LogP) is 5.70. The van der Waals surface area contributed by atoms with Crippen molar-refractivity contribution in [2.45, 2.75) is 51.9 Å². The highest BCUT2D eigenvalue weighted by Crippen LogP contribution is 2.34. The van der Waals surface area contributed by atoms with Gasteiger partial charge in [0.15, 0.2) is 0 Å². The second-order valence-electron chi connectivity index (χ2n) is 8.52. The third kappa shape index (κ3) is 4.31. The summed E-state index contributed by atoms with van der Waals surface area (Å²) in [5, 5.41) is 11.7. The van der Waals surface area contributed by atoms with Gasteiger partial charge in [-0.15, -0.1) is 0 Å². The molecule has 33 heavy (non-hydrogen) atoms. The van der Waals surface area contributed by atoms with Gasteiger partial charge in [0.2, 0.25) is 11.7 Å². The van der Waals surface area contributed by atoms with E-state index in [2.05, 4.69) is 27.5 Å². The number of para-hydroxylation sites is 1. The second-order valence-corrected chi connectivity index (χ2v) is 8.52. The summed E-state index contributed by atoms with van der Waals surface area (Å²) in [7, 11) is 0. The van der Waals surface area contributed by atoms with Gasteiger partial charge in [0.25, 0.3) is 5.91 Å². The van der Waals surface area contributed by atoms with E-state index in [1.807, 2.05) is 55.5 Å². The topological polar surface area (TPSA) is 85.8 Å². The molecule has 0 spiro atoms. The molecule has 1 amide bonds. The van der Waals surface area contributed by atoms with E-state index in [1.54, 1.807) is 10.9 Å². The Morgan fingerprint density at radius 1 is 1.12 bits per heavy atom. The number of carbonyl (C=O) groups is 1. The third-order valence-electron chi connectivity index (χ3n) is 6.33. The zero-order valence-corrected chi connectivity index (χ0v) is 18.9. The summed E-state index contributed by atoms with van der Waals surface area (Å²) in [5.41, 5.74) is 4.90. The predicted molar refractivity (Wildman–Crippen MR) is 127 cm³/mol. The zero-order valence-electron chi connectivity index (χ0n) is 18.9. The molecule has 7 heteroatoms. The average Bonchev–Trinajstić information content (AvgIpc) is 3.60. The van der Waals surface area contributed by atoms with Crippen molar-refractivity contribution >= 4 is 11.6 Å². The van der Waals surface area contributed by atoms with E-state index in [0.29, 0.717) is 23.0 Å². The van der Waals surface area contributed by atoms with E-state index in [9.17, 15) is 4.79 Å². The van der Waals surface area contributed by atoms with Gasteiger partial charge in [-0.05, 0) is 62.1 Å². The molecule has 0 aliphatic heterocycles. The number of aromatic nitrogens is 4. The van der Waals surface area contributed by atoms with Crippen LogP contribution in [0.15, 0.2) is 59.3 Å².